The van der Waals surface area contributed by atoms with E-state index in [1.165, 1.54) is 108 Å². The summed E-state index contributed by atoms with van der Waals surface area (Å²) in [5, 5.41) is 11.5. The minimum Gasteiger partial charge on any atom is -0.0631 e. The van der Waals surface area contributed by atoms with Gasteiger partial charge in [-0.1, -0.05) is 357 Å². The first-order valence-electron chi connectivity index (χ1n) is 27.2. The summed E-state index contributed by atoms with van der Waals surface area (Å²) in [7, 11) is -10.8. The predicted molar refractivity (Wildman–Crippen MR) is 333 cm³/mol. The highest BCUT2D eigenvalue weighted by atomic mass is 29.6. The van der Waals surface area contributed by atoms with E-state index in [1.807, 2.05) is 0 Å². The molecule has 0 unspecified atom stereocenters. The summed E-state index contributed by atoms with van der Waals surface area (Å²) in [6, 6.07) is 124. The molecule has 14 rings (SSSR count). The van der Waals surface area contributed by atoms with Crippen molar-refractivity contribution in [2.45, 2.75) is 12.8 Å². The normalized spacial score (nSPS) is 12.6. The van der Waals surface area contributed by atoms with Gasteiger partial charge in [-0.25, -0.2) is 0 Å². The van der Waals surface area contributed by atoms with Crippen LogP contribution in [0.25, 0.3) is 44.5 Å². The molecule has 0 nitrogen and oxygen atoms in total. The van der Waals surface area contributed by atoms with Crippen LogP contribution in [0.3, 0.4) is 0 Å². The lowest BCUT2D eigenvalue weighted by atomic mass is 9.96. The van der Waals surface area contributed by atoms with Crippen LogP contribution in [0.2, 0.25) is 0 Å². The first kappa shape index (κ1) is 46.8. The fourth-order valence-electron chi connectivity index (χ4n) is 14.4. The van der Waals surface area contributed by atoms with Crippen LogP contribution >= 0.6 is 0 Å². The van der Waals surface area contributed by atoms with E-state index in [0.717, 1.165) is 12.8 Å². The van der Waals surface area contributed by atoms with Gasteiger partial charge in [-0.2, -0.15) is 0 Å². The zero-order chi connectivity index (χ0) is 51.2. The van der Waals surface area contributed by atoms with E-state index in [0.29, 0.717) is 0 Å². The fraction of sp³-hybridized carbons (Fsp3) is 0.0270. The Morgan fingerprint density at radius 1 is 0.195 bits per heavy atom. The Morgan fingerprint density at radius 3 is 0.805 bits per heavy atom. The average Bonchev–Trinajstić information content (AvgIpc) is 4.18. The topological polar surface area (TPSA) is 0 Å². The Hall–Kier alpha value is -8.71. The van der Waals surface area contributed by atoms with Crippen molar-refractivity contribution in [2.75, 3.05) is 0 Å². The Bertz CT molecular complexity index is 3730. The summed E-state index contributed by atoms with van der Waals surface area (Å²) in [4.78, 5) is 0. The highest BCUT2D eigenvalue weighted by Crippen LogP contribution is 2.44. The monoisotopic (exact) mass is 1030 g/mol. The maximum absolute atomic E-state index is 3.67. The number of fused-ring (bicyclic) bond motifs is 6. The summed E-state index contributed by atoms with van der Waals surface area (Å²) < 4.78 is 0. The molecular weight excluding hydrogens is 973 g/mol. The van der Waals surface area contributed by atoms with Gasteiger partial charge in [0.15, 0.2) is 0 Å². The number of rotatable bonds is 12. The van der Waals surface area contributed by atoms with Crippen LogP contribution < -0.4 is 41.5 Å². The molecule has 77 heavy (non-hydrogen) atoms. The predicted octanol–water partition coefficient (Wildman–Crippen LogP) is 12.2. The molecule has 0 fully saturated rings. The number of hydrogen-bond donors (Lipinski definition) is 0. The number of hydrogen-bond acceptors (Lipinski definition) is 0. The van der Waals surface area contributed by atoms with Gasteiger partial charge in [-0.15, -0.1) is 0 Å². The van der Waals surface area contributed by atoms with Crippen LogP contribution in [0.15, 0.2) is 315 Å². The Kier molecular flexibility index (Phi) is 11.8. The molecular formula is C74H56Si3. The van der Waals surface area contributed by atoms with Crippen molar-refractivity contribution in [3.8, 4) is 44.5 Å². The Balaban J connectivity index is 1.19. The van der Waals surface area contributed by atoms with Gasteiger partial charge >= 0.3 is 0 Å². The molecule has 0 atom stereocenters. The lowest BCUT2D eigenvalue weighted by Gasteiger charge is -2.59. The summed E-state index contributed by atoms with van der Waals surface area (Å²) in [6.07, 6.45) is 1.84. The minimum absolute atomic E-state index is 0.920. The van der Waals surface area contributed by atoms with E-state index >= 15 is 0 Å². The van der Waals surface area contributed by atoms with E-state index in [-0.39, 0.29) is 0 Å². The molecule has 0 saturated carbocycles. The smallest absolute Gasteiger partial charge is 0.0631 e. The molecule has 12 aromatic rings. The number of benzene rings is 12. The average molecular weight is 1030 g/mol. The summed E-state index contributed by atoms with van der Waals surface area (Å²) in [6.45, 7) is 0. The standard InChI is InChI=1S/C74H56Si3/c1-7-31-59(32-8-1)75(60-33-9-2-10-34-60,65-43-23-29-55(51-65)69-47-25-49-71-67-45-21-19-27-57(67)53-73(69)71)77(63-39-15-5-16-40-63,64-41-17-6-18-42-64)76(61-35-11-3-12-36-61,62-37-13-4-14-38-62)66-44-24-30-56(52-66)70-48-26-50-72-68-46-22-20-28-58(68)54-74(70)72/h1-52H,53-54H2. The van der Waals surface area contributed by atoms with Crippen molar-refractivity contribution in [3.63, 3.8) is 0 Å². The van der Waals surface area contributed by atoms with Gasteiger partial charge in [0.2, 0.25) is 0 Å². The third-order valence-electron chi connectivity index (χ3n) is 17.3. The largest absolute Gasteiger partial charge is 0.148 e. The summed E-state index contributed by atoms with van der Waals surface area (Å²) in [5.74, 6) is 0. The molecule has 0 spiro atoms. The van der Waals surface area contributed by atoms with Gasteiger partial charge in [0.25, 0.3) is 0 Å². The molecule has 3 heteroatoms. The van der Waals surface area contributed by atoms with Crippen molar-refractivity contribution >= 4 is 63.8 Å². The highest BCUT2D eigenvalue weighted by Gasteiger charge is 2.72. The lowest BCUT2D eigenvalue weighted by Crippen LogP contribution is -3.04. The zero-order valence-corrected chi connectivity index (χ0v) is 45.9. The molecule has 2 aliphatic carbocycles. The van der Waals surface area contributed by atoms with E-state index < -0.39 is 22.3 Å². The molecule has 0 aromatic heterocycles. The first-order valence-corrected chi connectivity index (χ1v) is 35.2. The quantitative estimate of drug-likeness (QED) is 0.0845. The van der Waals surface area contributed by atoms with Crippen LogP contribution in [-0.4, -0.2) is 22.3 Å². The molecule has 0 bridgehead atoms. The van der Waals surface area contributed by atoms with Crippen LogP contribution in [0.1, 0.15) is 22.3 Å². The van der Waals surface area contributed by atoms with Crippen molar-refractivity contribution in [1.82, 2.24) is 0 Å². The van der Waals surface area contributed by atoms with E-state index in [9.17, 15) is 0 Å². The summed E-state index contributed by atoms with van der Waals surface area (Å²) >= 11 is 0. The Morgan fingerprint density at radius 2 is 0.455 bits per heavy atom. The zero-order valence-electron chi connectivity index (χ0n) is 42.9. The van der Waals surface area contributed by atoms with Gasteiger partial charge in [-0.05, 0) is 79.6 Å². The fourth-order valence-corrected chi connectivity index (χ4v) is 59.7. The molecule has 0 heterocycles. The second-order valence-corrected chi connectivity index (χ2v) is 40.6. The molecule has 0 aliphatic heterocycles. The van der Waals surface area contributed by atoms with Crippen LogP contribution in [0, 0.1) is 0 Å². The molecule has 2 aliphatic rings. The summed E-state index contributed by atoms with van der Waals surface area (Å²) in [5.41, 5.74) is 16.2. The van der Waals surface area contributed by atoms with E-state index in [2.05, 4.69) is 315 Å². The molecule has 0 saturated heterocycles. The second-order valence-electron chi connectivity index (χ2n) is 20.9. The third-order valence-corrected chi connectivity index (χ3v) is 51.2. The molecule has 12 aromatic carbocycles. The van der Waals surface area contributed by atoms with Crippen molar-refractivity contribution in [2.24, 2.45) is 0 Å². The van der Waals surface area contributed by atoms with Gasteiger partial charge in [0.05, 0.1) is 0 Å². The van der Waals surface area contributed by atoms with Gasteiger partial charge in [0, 0.05) is 0 Å². The minimum atomic E-state index is -3.67. The van der Waals surface area contributed by atoms with Crippen LogP contribution in [0.5, 0.6) is 0 Å². The Labute approximate surface area is 455 Å². The van der Waals surface area contributed by atoms with Crippen LogP contribution in [0.4, 0.5) is 0 Å². The van der Waals surface area contributed by atoms with Gasteiger partial charge < -0.3 is 0 Å². The van der Waals surface area contributed by atoms with Crippen LogP contribution in [-0.2, 0) is 12.8 Å². The molecule has 0 N–H and O–H groups in total. The molecule has 364 valence electrons. The van der Waals surface area contributed by atoms with Gasteiger partial charge in [0.1, 0.15) is 22.3 Å². The van der Waals surface area contributed by atoms with Crippen molar-refractivity contribution in [1.29, 1.82) is 0 Å². The van der Waals surface area contributed by atoms with Gasteiger partial charge in [-0.3, -0.25) is 0 Å². The van der Waals surface area contributed by atoms with E-state index in [1.54, 1.807) is 0 Å². The van der Waals surface area contributed by atoms with Crippen molar-refractivity contribution in [3.05, 3.63) is 338 Å². The molecule has 0 amide bonds. The maximum Gasteiger partial charge on any atom is 0.148 e. The highest BCUT2D eigenvalue weighted by molar-refractivity contribution is 7.89. The molecule has 0 radical (unpaired) electrons. The van der Waals surface area contributed by atoms with Crippen molar-refractivity contribution < 1.29 is 0 Å². The third kappa shape index (κ3) is 7.22. The van der Waals surface area contributed by atoms with E-state index in [4.69, 9.17) is 0 Å². The maximum atomic E-state index is 2.68. The first-order chi connectivity index (χ1) is 38.2. The lowest BCUT2D eigenvalue weighted by molar-refractivity contribution is 1.26. The SMILES string of the molecule is c1ccc([Si](c2ccccc2)(c2cccc(-c3cccc4c3Cc3ccccc3-4)c2)[Si](c2ccccc2)(c2ccccc2)[Si](c2ccccc2)(c2ccccc2)c2cccc(-c3cccc4c3Cc3ccccc3-4)c2)cc1. The second kappa shape index (κ2) is 19.5.